The summed E-state index contributed by atoms with van der Waals surface area (Å²) in [5, 5.41) is 3.26. The molecular weight excluding hydrogens is 281 g/mol. The number of benzene rings is 1. The number of amides is 1. The van der Waals surface area contributed by atoms with Crippen LogP contribution in [0.3, 0.4) is 0 Å². The highest BCUT2D eigenvalue weighted by Gasteiger charge is 2.11. The van der Waals surface area contributed by atoms with Gasteiger partial charge in [0.05, 0.1) is 16.9 Å². The fourth-order valence-corrected chi connectivity index (χ4v) is 1.88. The van der Waals surface area contributed by atoms with E-state index in [1.54, 1.807) is 18.2 Å². The average molecular weight is 294 g/mol. The lowest BCUT2D eigenvalue weighted by molar-refractivity contribution is 0.102. The molecule has 20 heavy (non-hydrogen) atoms. The Morgan fingerprint density at radius 3 is 2.65 bits per heavy atom. The van der Waals surface area contributed by atoms with Crippen molar-refractivity contribution < 1.29 is 9.18 Å². The van der Waals surface area contributed by atoms with Crippen LogP contribution in [0.4, 0.5) is 15.8 Å². The molecule has 0 radical (unpaired) electrons. The summed E-state index contributed by atoms with van der Waals surface area (Å²) in [4.78, 5) is 17.4. The van der Waals surface area contributed by atoms with E-state index in [4.69, 9.17) is 11.6 Å². The van der Waals surface area contributed by atoms with E-state index < -0.39 is 5.95 Å². The van der Waals surface area contributed by atoms with E-state index in [1.807, 2.05) is 19.0 Å². The summed E-state index contributed by atoms with van der Waals surface area (Å²) in [5.74, 6) is -0.999. The smallest absolute Gasteiger partial charge is 0.257 e. The van der Waals surface area contributed by atoms with Gasteiger partial charge in [-0.2, -0.15) is 4.39 Å². The highest BCUT2D eigenvalue weighted by molar-refractivity contribution is 6.31. The lowest BCUT2D eigenvalue weighted by Crippen LogP contribution is -2.17. The number of rotatable bonds is 3. The predicted molar refractivity (Wildman–Crippen MR) is 77.9 cm³/mol. The van der Waals surface area contributed by atoms with Gasteiger partial charge in [0.2, 0.25) is 5.95 Å². The Balaban J connectivity index is 2.27. The molecule has 0 atom stereocenters. The predicted octanol–water partition coefficient (Wildman–Crippen LogP) is 3.19. The Morgan fingerprint density at radius 2 is 2.05 bits per heavy atom. The molecule has 0 spiro atoms. The van der Waals surface area contributed by atoms with Gasteiger partial charge in [0.15, 0.2) is 0 Å². The molecule has 0 aliphatic heterocycles. The normalized spacial score (nSPS) is 10.2. The van der Waals surface area contributed by atoms with Gasteiger partial charge in [-0.05, 0) is 30.3 Å². The highest BCUT2D eigenvalue weighted by Crippen LogP contribution is 2.28. The quantitative estimate of drug-likeness (QED) is 0.884. The van der Waals surface area contributed by atoms with Crippen molar-refractivity contribution >= 4 is 28.9 Å². The van der Waals surface area contributed by atoms with Crippen molar-refractivity contribution in [2.75, 3.05) is 24.3 Å². The molecule has 0 bridgehead atoms. The number of anilines is 2. The summed E-state index contributed by atoms with van der Waals surface area (Å²) in [6.07, 6.45) is 1.19. The van der Waals surface area contributed by atoms with Gasteiger partial charge in [-0.15, -0.1) is 0 Å². The van der Waals surface area contributed by atoms with Crippen molar-refractivity contribution in [3.05, 3.63) is 53.1 Å². The molecule has 1 N–H and O–H groups in total. The molecule has 2 rings (SSSR count). The van der Waals surface area contributed by atoms with Crippen molar-refractivity contribution in [3.63, 3.8) is 0 Å². The van der Waals surface area contributed by atoms with Crippen molar-refractivity contribution in [1.29, 1.82) is 0 Å². The number of pyridine rings is 1. The summed E-state index contributed by atoms with van der Waals surface area (Å²) in [6.45, 7) is 0. The summed E-state index contributed by atoms with van der Waals surface area (Å²) < 4.78 is 12.7. The van der Waals surface area contributed by atoms with E-state index >= 15 is 0 Å². The third-order valence-electron chi connectivity index (χ3n) is 2.68. The number of hydrogen-bond donors (Lipinski definition) is 1. The molecule has 6 heteroatoms. The fraction of sp³-hybridized carbons (Fsp3) is 0.143. The number of aromatic nitrogens is 1. The van der Waals surface area contributed by atoms with Gasteiger partial charge in [-0.25, -0.2) is 4.98 Å². The highest BCUT2D eigenvalue weighted by atomic mass is 35.5. The van der Waals surface area contributed by atoms with Crippen LogP contribution >= 0.6 is 11.6 Å². The van der Waals surface area contributed by atoms with Crippen molar-refractivity contribution in [1.82, 2.24) is 4.98 Å². The molecule has 1 aromatic heterocycles. The topological polar surface area (TPSA) is 45.2 Å². The second-order valence-electron chi connectivity index (χ2n) is 4.38. The zero-order valence-corrected chi connectivity index (χ0v) is 11.8. The van der Waals surface area contributed by atoms with Crippen molar-refractivity contribution in [3.8, 4) is 0 Å². The van der Waals surface area contributed by atoms with E-state index in [9.17, 15) is 9.18 Å². The Morgan fingerprint density at radius 1 is 1.30 bits per heavy atom. The largest absolute Gasteiger partial charge is 0.376 e. The third-order valence-corrected chi connectivity index (χ3v) is 2.91. The van der Waals surface area contributed by atoms with Crippen LogP contribution in [0.15, 0.2) is 36.5 Å². The molecule has 4 nitrogen and oxygen atoms in total. The number of halogens is 2. The number of hydrogen-bond acceptors (Lipinski definition) is 3. The second-order valence-corrected chi connectivity index (χ2v) is 4.82. The second kappa shape index (κ2) is 5.88. The van der Waals surface area contributed by atoms with Crippen LogP contribution in [-0.2, 0) is 0 Å². The minimum Gasteiger partial charge on any atom is -0.376 e. The van der Waals surface area contributed by atoms with Crippen LogP contribution in [0, 0.1) is 5.95 Å². The monoisotopic (exact) mass is 293 g/mol. The number of nitrogens with zero attached hydrogens (tertiary/aromatic N) is 2. The number of carbonyl (C=O) groups is 1. The lowest BCUT2D eigenvalue weighted by Gasteiger charge is -2.18. The van der Waals surface area contributed by atoms with Gasteiger partial charge < -0.3 is 10.2 Å². The van der Waals surface area contributed by atoms with E-state index in [1.165, 1.54) is 12.3 Å². The standard InChI is InChI=1S/C14H13ClFN3O/c1-19(2)12-5-4-10(15)7-11(12)18-14(20)9-3-6-13(16)17-8-9/h3-8H,1-2H3,(H,18,20). The van der Waals surface area contributed by atoms with Crippen LogP contribution < -0.4 is 10.2 Å². The van der Waals surface area contributed by atoms with E-state index in [-0.39, 0.29) is 11.5 Å². The van der Waals surface area contributed by atoms with E-state index in [0.29, 0.717) is 10.7 Å². The molecule has 1 heterocycles. The first-order valence-corrected chi connectivity index (χ1v) is 6.25. The summed E-state index contributed by atoms with van der Waals surface area (Å²) in [6, 6.07) is 7.72. The zero-order chi connectivity index (χ0) is 14.7. The Bertz CT molecular complexity index is 629. The first-order chi connectivity index (χ1) is 9.47. The first kappa shape index (κ1) is 14.3. The van der Waals surface area contributed by atoms with Gasteiger partial charge in [-0.1, -0.05) is 11.6 Å². The van der Waals surface area contributed by atoms with Crippen LogP contribution in [0.25, 0.3) is 0 Å². The molecule has 104 valence electrons. The van der Waals surface area contributed by atoms with Gasteiger partial charge >= 0.3 is 0 Å². The van der Waals surface area contributed by atoms with Crippen LogP contribution in [-0.4, -0.2) is 25.0 Å². The van der Waals surface area contributed by atoms with Crippen LogP contribution in [0.5, 0.6) is 0 Å². The molecule has 2 aromatic rings. The summed E-state index contributed by atoms with van der Waals surface area (Å²) in [7, 11) is 3.72. The van der Waals surface area contributed by atoms with Crippen molar-refractivity contribution in [2.24, 2.45) is 0 Å². The maximum Gasteiger partial charge on any atom is 0.257 e. The van der Waals surface area contributed by atoms with Gasteiger partial charge in [0, 0.05) is 25.3 Å². The van der Waals surface area contributed by atoms with Crippen molar-refractivity contribution in [2.45, 2.75) is 0 Å². The molecule has 0 fully saturated rings. The van der Waals surface area contributed by atoms with Crippen LogP contribution in [0.2, 0.25) is 5.02 Å². The minimum atomic E-state index is -0.627. The Hall–Kier alpha value is -2.14. The SMILES string of the molecule is CN(C)c1ccc(Cl)cc1NC(=O)c1ccc(F)nc1. The number of carbonyl (C=O) groups excluding carboxylic acids is 1. The molecule has 0 aliphatic rings. The average Bonchev–Trinajstić information content (AvgIpc) is 2.39. The first-order valence-electron chi connectivity index (χ1n) is 5.87. The molecular formula is C14H13ClFN3O. The van der Waals surface area contributed by atoms with E-state index in [0.717, 1.165) is 11.8 Å². The lowest BCUT2D eigenvalue weighted by atomic mass is 10.2. The molecule has 1 aromatic carbocycles. The van der Waals surface area contributed by atoms with E-state index in [2.05, 4.69) is 10.3 Å². The molecule has 1 amide bonds. The maximum atomic E-state index is 12.7. The summed E-state index contributed by atoms with van der Waals surface area (Å²) >= 11 is 5.94. The Labute approximate surface area is 121 Å². The summed E-state index contributed by atoms with van der Waals surface area (Å²) in [5.41, 5.74) is 1.67. The molecule has 0 unspecified atom stereocenters. The number of nitrogens with one attached hydrogen (secondary N) is 1. The molecule has 0 saturated carbocycles. The Kier molecular flexibility index (Phi) is 4.20. The third kappa shape index (κ3) is 3.24. The van der Waals surface area contributed by atoms with Gasteiger partial charge in [0.1, 0.15) is 0 Å². The zero-order valence-electron chi connectivity index (χ0n) is 11.0. The fourth-order valence-electron chi connectivity index (χ4n) is 1.70. The van der Waals surface area contributed by atoms with Crippen LogP contribution in [0.1, 0.15) is 10.4 Å². The molecule has 0 aliphatic carbocycles. The molecule has 0 saturated heterocycles. The van der Waals surface area contributed by atoms with Gasteiger partial charge in [0.25, 0.3) is 5.91 Å². The minimum absolute atomic E-state index is 0.274. The maximum absolute atomic E-state index is 12.7. The van der Waals surface area contributed by atoms with Gasteiger partial charge in [-0.3, -0.25) is 4.79 Å².